The van der Waals surface area contributed by atoms with Crippen molar-refractivity contribution in [2.45, 2.75) is 104 Å². The van der Waals surface area contributed by atoms with E-state index < -0.39 is 16.8 Å². The van der Waals surface area contributed by atoms with Crippen molar-refractivity contribution in [3.63, 3.8) is 0 Å². The summed E-state index contributed by atoms with van der Waals surface area (Å²) >= 11 is 0. The van der Waals surface area contributed by atoms with E-state index in [0.29, 0.717) is 0 Å². The van der Waals surface area contributed by atoms with Gasteiger partial charge in [0.2, 0.25) is 0 Å². The molecular formula is C18H41MoO3PS. The SMILES string of the molecule is CCCCCCCCCS(CCCCCCCCC)=P(O)(O)O.[Mo]. The molecule has 24 heavy (non-hydrogen) atoms. The fourth-order valence-corrected chi connectivity index (χ4v) is 6.81. The van der Waals surface area contributed by atoms with Crippen molar-refractivity contribution < 1.29 is 35.7 Å². The molecule has 0 aliphatic heterocycles. The first-order chi connectivity index (χ1) is 11.0. The second-order valence-electron chi connectivity index (χ2n) is 6.63. The first-order valence-electron chi connectivity index (χ1n) is 9.77. The Balaban J connectivity index is 0. The van der Waals surface area contributed by atoms with E-state index in [1.807, 2.05) is 0 Å². The largest absolute Gasteiger partial charge is 0.329 e. The molecule has 0 aromatic carbocycles. The van der Waals surface area contributed by atoms with Gasteiger partial charge in [-0.05, 0) is 24.3 Å². The minimum atomic E-state index is -3.63. The molecule has 0 fully saturated rings. The molecule has 0 saturated carbocycles. The molecule has 0 amide bonds. The molecule has 0 unspecified atom stereocenters. The van der Waals surface area contributed by atoms with Crippen LogP contribution < -0.4 is 0 Å². The second-order valence-corrected chi connectivity index (χ2v) is 12.4. The molecule has 0 bridgehead atoms. The van der Waals surface area contributed by atoms with Crippen molar-refractivity contribution in [1.29, 1.82) is 0 Å². The van der Waals surface area contributed by atoms with Crippen LogP contribution in [0.25, 0.3) is 0 Å². The van der Waals surface area contributed by atoms with Crippen molar-refractivity contribution in [3.05, 3.63) is 0 Å². The molecule has 148 valence electrons. The third-order valence-corrected chi connectivity index (χ3v) is 9.70. The van der Waals surface area contributed by atoms with Crippen LogP contribution in [0.1, 0.15) is 104 Å². The van der Waals surface area contributed by atoms with Gasteiger partial charge in [-0.1, -0.05) is 90.9 Å². The minimum Gasteiger partial charge on any atom is -0.329 e. The van der Waals surface area contributed by atoms with Gasteiger partial charge in [-0.3, -0.25) is 0 Å². The number of hydrogen-bond acceptors (Lipinski definition) is 0. The van der Waals surface area contributed by atoms with Crippen LogP contribution in [0.5, 0.6) is 0 Å². The Morgan fingerprint density at radius 1 is 0.542 bits per heavy atom. The van der Waals surface area contributed by atoms with Crippen molar-refractivity contribution in [1.82, 2.24) is 0 Å². The quantitative estimate of drug-likeness (QED) is 0.155. The normalized spacial score (nSPS) is 11.8. The Hall–Kier alpha value is 1.35. The average molecular weight is 465 g/mol. The maximum atomic E-state index is 9.66. The van der Waals surface area contributed by atoms with Crippen molar-refractivity contribution in [2.24, 2.45) is 0 Å². The van der Waals surface area contributed by atoms with Gasteiger partial charge in [0.25, 0.3) is 6.72 Å². The first kappa shape index (κ1) is 27.6. The number of unbranched alkanes of at least 4 members (excludes halogenated alkanes) is 12. The maximum absolute atomic E-state index is 9.66. The van der Waals surface area contributed by atoms with Crippen LogP contribution in [0.4, 0.5) is 0 Å². The van der Waals surface area contributed by atoms with Gasteiger partial charge in [-0.15, -0.1) is 10.1 Å². The third-order valence-electron chi connectivity index (χ3n) is 4.31. The molecular weight excluding hydrogens is 423 g/mol. The molecule has 0 saturated heterocycles. The van der Waals surface area contributed by atoms with E-state index in [1.165, 1.54) is 64.2 Å². The van der Waals surface area contributed by atoms with Gasteiger partial charge < -0.3 is 14.7 Å². The predicted molar refractivity (Wildman–Crippen MR) is 107 cm³/mol. The maximum Gasteiger partial charge on any atom is 0.277 e. The molecule has 0 rings (SSSR count). The molecule has 0 spiro atoms. The van der Waals surface area contributed by atoms with Crippen LogP contribution in [0.15, 0.2) is 0 Å². The van der Waals surface area contributed by atoms with Crippen molar-refractivity contribution in [3.8, 4) is 0 Å². The van der Waals surface area contributed by atoms with E-state index in [1.54, 1.807) is 0 Å². The summed E-state index contributed by atoms with van der Waals surface area (Å²) < 4.78 is 0. The molecule has 0 radical (unpaired) electrons. The topological polar surface area (TPSA) is 60.7 Å². The molecule has 0 atom stereocenters. The summed E-state index contributed by atoms with van der Waals surface area (Å²) in [6, 6.07) is 0. The fourth-order valence-electron chi connectivity index (χ4n) is 2.80. The monoisotopic (exact) mass is 466 g/mol. The Bertz CT molecular complexity index is 293. The summed E-state index contributed by atoms with van der Waals surface area (Å²) in [5.74, 6) is 1.59. The molecule has 0 aliphatic rings. The molecule has 0 heterocycles. The first-order valence-corrected chi connectivity index (χ1v) is 13.6. The summed E-state index contributed by atoms with van der Waals surface area (Å²) in [6.45, 7) is 0.819. The van der Waals surface area contributed by atoms with Crippen molar-refractivity contribution in [2.75, 3.05) is 11.5 Å². The summed E-state index contributed by atoms with van der Waals surface area (Å²) in [5.41, 5.74) is 0. The Kier molecular flexibility index (Phi) is 22.0. The minimum absolute atomic E-state index is 0. The summed E-state index contributed by atoms with van der Waals surface area (Å²) in [4.78, 5) is 29.0. The van der Waals surface area contributed by atoms with E-state index in [-0.39, 0.29) is 21.1 Å². The zero-order chi connectivity index (χ0) is 17.4. The summed E-state index contributed by atoms with van der Waals surface area (Å²) in [5, 5.41) is 0. The van der Waals surface area contributed by atoms with Gasteiger partial charge in [-0.2, -0.15) is 0 Å². The predicted octanol–water partition coefficient (Wildman–Crippen LogP) is 5.76. The van der Waals surface area contributed by atoms with Crippen LogP contribution in [0, 0.1) is 0 Å². The van der Waals surface area contributed by atoms with E-state index in [0.717, 1.165) is 37.2 Å². The van der Waals surface area contributed by atoms with Gasteiger partial charge in [0, 0.05) is 21.1 Å². The zero-order valence-electron chi connectivity index (χ0n) is 15.9. The van der Waals surface area contributed by atoms with Crippen LogP contribution in [-0.4, -0.2) is 26.2 Å². The van der Waals surface area contributed by atoms with E-state index >= 15 is 0 Å². The van der Waals surface area contributed by atoms with Gasteiger partial charge in [0.05, 0.1) is 0 Å². The molecule has 0 aromatic rings. The van der Waals surface area contributed by atoms with Gasteiger partial charge in [0.15, 0.2) is 0 Å². The van der Waals surface area contributed by atoms with Crippen LogP contribution in [0.2, 0.25) is 0 Å². The Morgan fingerprint density at radius 2 is 0.833 bits per heavy atom. The van der Waals surface area contributed by atoms with Gasteiger partial charge >= 0.3 is 0 Å². The second kappa shape index (κ2) is 19.1. The van der Waals surface area contributed by atoms with E-state index in [2.05, 4.69) is 13.8 Å². The Morgan fingerprint density at radius 3 is 1.12 bits per heavy atom. The van der Waals surface area contributed by atoms with E-state index in [9.17, 15) is 14.7 Å². The van der Waals surface area contributed by atoms with Crippen LogP contribution in [-0.2, 0) is 31.1 Å². The molecule has 6 heteroatoms. The standard InChI is InChI=1S/C18H41O3PS.Mo/c1-3-5-7-9-11-13-15-17-23(22(19,20)21)18-16-14-12-10-8-6-4-2;/h19-21H,3-18H2,1-2H3;. The number of hydrogen-bond donors (Lipinski definition) is 3. The molecule has 3 nitrogen and oxygen atoms in total. The molecule has 3 N–H and O–H groups in total. The van der Waals surface area contributed by atoms with Crippen LogP contribution >= 0.6 is 6.72 Å². The summed E-state index contributed by atoms with van der Waals surface area (Å²) in [6.07, 6.45) is 17.2. The fraction of sp³-hybridized carbons (Fsp3) is 1.00. The van der Waals surface area contributed by atoms with Gasteiger partial charge in [-0.25, -0.2) is 0 Å². The van der Waals surface area contributed by atoms with E-state index in [4.69, 9.17) is 0 Å². The third kappa shape index (κ3) is 18.1. The smallest absolute Gasteiger partial charge is 0.277 e. The zero-order valence-corrected chi connectivity index (χ0v) is 19.6. The van der Waals surface area contributed by atoms with Gasteiger partial charge in [0.1, 0.15) is 0 Å². The molecule has 0 aliphatic carbocycles. The van der Waals surface area contributed by atoms with Crippen molar-refractivity contribution >= 4 is 16.8 Å². The number of rotatable bonds is 16. The summed E-state index contributed by atoms with van der Waals surface area (Å²) in [7, 11) is -0.582. The molecule has 0 aromatic heterocycles. The average Bonchev–Trinajstić information content (AvgIpc) is 2.50. The Labute approximate surface area is 167 Å². The van der Waals surface area contributed by atoms with Crippen LogP contribution in [0.3, 0.4) is 0 Å².